The Morgan fingerprint density at radius 1 is 1.18 bits per heavy atom. The minimum absolute atomic E-state index is 0.205. The van der Waals surface area contributed by atoms with Crippen molar-refractivity contribution in [2.45, 2.75) is 19.8 Å². The van der Waals surface area contributed by atoms with Gasteiger partial charge in [-0.2, -0.15) is 0 Å². The van der Waals surface area contributed by atoms with Crippen LogP contribution >= 0.6 is 15.9 Å². The van der Waals surface area contributed by atoms with E-state index in [1.165, 1.54) is 0 Å². The fourth-order valence-corrected chi connectivity index (χ4v) is 2.69. The summed E-state index contributed by atoms with van der Waals surface area (Å²) >= 11 is 3.57. The van der Waals surface area contributed by atoms with E-state index in [2.05, 4.69) is 34.8 Å². The number of hydrogen-bond acceptors (Lipinski definition) is 1. The van der Waals surface area contributed by atoms with Crippen LogP contribution in [0.2, 0.25) is 0 Å². The molecule has 0 atom stereocenters. The predicted molar refractivity (Wildman–Crippen MR) is 71.4 cm³/mol. The number of nitrogens with zero attached hydrogens (tertiary/aromatic N) is 1. The SMILES string of the molecule is CC(C)c1cc(F)cc(-c2ccncc2)c1Br. The van der Waals surface area contributed by atoms with E-state index in [0.717, 1.165) is 21.2 Å². The van der Waals surface area contributed by atoms with Crippen molar-refractivity contribution in [3.8, 4) is 11.1 Å². The minimum atomic E-state index is -0.205. The summed E-state index contributed by atoms with van der Waals surface area (Å²) in [7, 11) is 0. The molecule has 1 aromatic carbocycles. The van der Waals surface area contributed by atoms with Gasteiger partial charge < -0.3 is 0 Å². The largest absolute Gasteiger partial charge is 0.265 e. The maximum atomic E-state index is 13.6. The van der Waals surface area contributed by atoms with E-state index in [1.807, 2.05) is 12.1 Å². The van der Waals surface area contributed by atoms with Gasteiger partial charge in [-0.3, -0.25) is 4.98 Å². The molecule has 0 saturated heterocycles. The smallest absolute Gasteiger partial charge is 0.124 e. The summed E-state index contributed by atoms with van der Waals surface area (Å²) in [5.41, 5.74) is 2.82. The molecule has 1 aromatic heterocycles. The van der Waals surface area contributed by atoms with E-state index in [0.29, 0.717) is 0 Å². The maximum Gasteiger partial charge on any atom is 0.124 e. The van der Waals surface area contributed by atoms with Crippen molar-refractivity contribution in [2.75, 3.05) is 0 Å². The molecular weight excluding hydrogens is 281 g/mol. The van der Waals surface area contributed by atoms with Gasteiger partial charge in [-0.05, 0) is 62.8 Å². The first-order valence-corrected chi connectivity index (χ1v) is 6.28. The Balaban J connectivity index is 2.63. The third-order valence-electron chi connectivity index (χ3n) is 2.68. The minimum Gasteiger partial charge on any atom is -0.265 e. The lowest BCUT2D eigenvalue weighted by atomic mass is 9.97. The summed E-state index contributed by atoms with van der Waals surface area (Å²) in [4.78, 5) is 3.97. The summed E-state index contributed by atoms with van der Waals surface area (Å²) in [6.45, 7) is 4.10. The fourth-order valence-electron chi connectivity index (χ4n) is 1.77. The number of halogens is 2. The summed E-state index contributed by atoms with van der Waals surface area (Å²) in [5.74, 6) is 0.0735. The van der Waals surface area contributed by atoms with Crippen molar-refractivity contribution in [2.24, 2.45) is 0 Å². The van der Waals surface area contributed by atoms with Gasteiger partial charge in [0.05, 0.1) is 0 Å². The van der Waals surface area contributed by atoms with Crippen LogP contribution in [0.3, 0.4) is 0 Å². The molecule has 2 rings (SSSR count). The molecule has 0 aliphatic carbocycles. The van der Waals surface area contributed by atoms with Gasteiger partial charge in [0.15, 0.2) is 0 Å². The Labute approximate surface area is 109 Å². The molecule has 0 amide bonds. The van der Waals surface area contributed by atoms with Gasteiger partial charge in [0.2, 0.25) is 0 Å². The molecule has 0 saturated carbocycles. The van der Waals surface area contributed by atoms with Crippen LogP contribution in [0.25, 0.3) is 11.1 Å². The summed E-state index contributed by atoms with van der Waals surface area (Å²) in [6.07, 6.45) is 3.42. The normalized spacial score (nSPS) is 10.9. The molecule has 2 aromatic rings. The van der Waals surface area contributed by atoms with Crippen molar-refractivity contribution in [3.05, 3.63) is 52.5 Å². The predicted octanol–water partition coefficient (Wildman–Crippen LogP) is 4.77. The van der Waals surface area contributed by atoms with Crippen molar-refractivity contribution >= 4 is 15.9 Å². The van der Waals surface area contributed by atoms with Gasteiger partial charge in [0.25, 0.3) is 0 Å². The van der Waals surface area contributed by atoms with Crippen LogP contribution in [0.5, 0.6) is 0 Å². The highest BCUT2D eigenvalue weighted by molar-refractivity contribution is 9.10. The van der Waals surface area contributed by atoms with Gasteiger partial charge in [-0.1, -0.05) is 13.8 Å². The van der Waals surface area contributed by atoms with E-state index < -0.39 is 0 Å². The highest BCUT2D eigenvalue weighted by atomic mass is 79.9. The third-order valence-corrected chi connectivity index (χ3v) is 3.56. The molecule has 3 heteroatoms. The molecule has 17 heavy (non-hydrogen) atoms. The second-order valence-corrected chi connectivity index (χ2v) is 5.04. The Bertz CT molecular complexity index is 523. The van der Waals surface area contributed by atoms with Crippen LogP contribution in [0.15, 0.2) is 41.1 Å². The van der Waals surface area contributed by atoms with Crippen LogP contribution in [0.4, 0.5) is 4.39 Å². The number of hydrogen-bond donors (Lipinski definition) is 0. The van der Waals surface area contributed by atoms with Gasteiger partial charge in [0.1, 0.15) is 5.82 Å². The molecule has 1 heterocycles. The lowest BCUT2D eigenvalue weighted by Crippen LogP contribution is -1.94. The van der Waals surface area contributed by atoms with E-state index in [1.54, 1.807) is 24.5 Å². The number of pyridine rings is 1. The lowest BCUT2D eigenvalue weighted by Gasteiger charge is -2.13. The molecule has 0 aliphatic heterocycles. The van der Waals surface area contributed by atoms with E-state index >= 15 is 0 Å². The molecule has 0 spiro atoms. The first-order chi connectivity index (χ1) is 8.09. The zero-order valence-corrected chi connectivity index (χ0v) is 11.3. The van der Waals surface area contributed by atoms with Crippen LogP contribution in [-0.2, 0) is 0 Å². The first kappa shape index (κ1) is 12.2. The van der Waals surface area contributed by atoms with Gasteiger partial charge in [-0.15, -0.1) is 0 Å². The highest BCUT2D eigenvalue weighted by Crippen LogP contribution is 2.35. The zero-order chi connectivity index (χ0) is 12.4. The Hall–Kier alpha value is -1.22. The number of benzene rings is 1. The average molecular weight is 294 g/mol. The molecule has 0 N–H and O–H groups in total. The van der Waals surface area contributed by atoms with Crippen LogP contribution in [-0.4, -0.2) is 4.98 Å². The standard InChI is InChI=1S/C14H13BrFN/c1-9(2)12-7-11(16)8-13(14(12)15)10-3-5-17-6-4-10/h3-9H,1-2H3. The summed E-state index contributed by atoms with van der Waals surface area (Å²) < 4.78 is 14.6. The molecular formula is C14H13BrFN. The Morgan fingerprint density at radius 3 is 2.41 bits per heavy atom. The number of rotatable bonds is 2. The average Bonchev–Trinajstić information content (AvgIpc) is 2.32. The van der Waals surface area contributed by atoms with Crippen molar-refractivity contribution in [3.63, 3.8) is 0 Å². The molecule has 0 fully saturated rings. The Morgan fingerprint density at radius 2 is 1.82 bits per heavy atom. The van der Waals surface area contributed by atoms with Gasteiger partial charge in [-0.25, -0.2) is 4.39 Å². The van der Waals surface area contributed by atoms with E-state index in [9.17, 15) is 4.39 Å². The van der Waals surface area contributed by atoms with Crippen LogP contribution in [0.1, 0.15) is 25.3 Å². The van der Waals surface area contributed by atoms with Gasteiger partial charge in [0, 0.05) is 16.9 Å². The second-order valence-electron chi connectivity index (χ2n) is 4.25. The topological polar surface area (TPSA) is 12.9 Å². The van der Waals surface area contributed by atoms with Gasteiger partial charge >= 0.3 is 0 Å². The summed E-state index contributed by atoms with van der Waals surface area (Å²) in [6, 6.07) is 6.89. The third kappa shape index (κ3) is 2.55. The monoisotopic (exact) mass is 293 g/mol. The van der Waals surface area contributed by atoms with E-state index in [4.69, 9.17) is 0 Å². The quantitative estimate of drug-likeness (QED) is 0.777. The van der Waals surface area contributed by atoms with Crippen LogP contribution in [0, 0.1) is 5.82 Å². The second kappa shape index (κ2) is 4.96. The highest BCUT2D eigenvalue weighted by Gasteiger charge is 2.12. The molecule has 0 aliphatic rings. The summed E-state index contributed by atoms with van der Waals surface area (Å²) in [5, 5.41) is 0. The molecule has 0 radical (unpaired) electrons. The van der Waals surface area contributed by atoms with Crippen molar-refractivity contribution in [1.82, 2.24) is 4.98 Å². The molecule has 0 bridgehead atoms. The lowest BCUT2D eigenvalue weighted by molar-refractivity contribution is 0.623. The van der Waals surface area contributed by atoms with Crippen molar-refractivity contribution < 1.29 is 4.39 Å². The molecule has 88 valence electrons. The van der Waals surface area contributed by atoms with E-state index in [-0.39, 0.29) is 11.7 Å². The molecule has 1 nitrogen and oxygen atoms in total. The maximum absolute atomic E-state index is 13.6. The number of aromatic nitrogens is 1. The molecule has 0 unspecified atom stereocenters. The zero-order valence-electron chi connectivity index (χ0n) is 9.74. The van der Waals surface area contributed by atoms with Crippen molar-refractivity contribution in [1.29, 1.82) is 0 Å². The Kier molecular flexibility index (Phi) is 3.57. The first-order valence-electron chi connectivity index (χ1n) is 5.49. The fraction of sp³-hybridized carbons (Fsp3) is 0.214. The van der Waals surface area contributed by atoms with Crippen LogP contribution < -0.4 is 0 Å².